The predicted octanol–water partition coefficient (Wildman–Crippen LogP) is 3.16. The lowest BCUT2D eigenvalue weighted by atomic mass is 10.2. The van der Waals surface area contributed by atoms with Gasteiger partial charge in [-0.15, -0.1) is 0 Å². The average Bonchev–Trinajstić information content (AvgIpc) is 2.55. The fourth-order valence-corrected chi connectivity index (χ4v) is 1.85. The Morgan fingerprint density at radius 2 is 1.91 bits per heavy atom. The zero-order valence-electron chi connectivity index (χ0n) is 12.3. The summed E-state index contributed by atoms with van der Waals surface area (Å²) in [5.74, 6) is -0.828. The minimum absolute atomic E-state index is 0.138. The van der Waals surface area contributed by atoms with Crippen molar-refractivity contribution in [2.75, 3.05) is 5.32 Å². The second kappa shape index (κ2) is 7.17. The molecule has 0 aliphatic carbocycles. The topological polar surface area (TPSA) is 98.5 Å². The Morgan fingerprint density at radius 3 is 2.61 bits per heavy atom. The van der Waals surface area contributed by atoms with Crippen LogP contribution in [0.25, 0.3) is 0 Å². The molecule has 0 radical (unpaired) electrons. The van der Waals surface area contributed by atoms with Crippen LogP contribution in [-0.2, 0) is 4.79 Å². The number of ether oxygens (including phenoxy) is 1. The highest BCUT2D eigenvalue weighted by Gasteiger charge is 2.21. The van der Waals surface area contributed by atoms with Crippen molar-refractivity contribution in [1.82, 2.24) is 0 Å². The summed E-state index contributed by atoms with van der Waals surface area (Å²) >= 11 is 0. The Kier molecular flexibility index (Phi) is 5.03. The summed E-state index contributed by atoms with van der Waals surface area (Å²) in [5, 5.41) is 13.6. The largest absolute Gasteiger partial charge is 0.423 e. The van der Waals surface area contributed by atoms with Crippen molar-refractivity contribution < 1.29 is 19.2 Å². The zero-order chi connectivity index (χ0) is 16.8. The molecule has 23 heavy (non-hydrogen) atoms. The van der Waals surface area contributed by atoms with E-state index in [0.29, 0.717) is 12.1 Å². The van der Waals surface area contributed by atoms with Crippen molar-refractivity contribution in [2.45, 2.75) is 13.3 Å². The van der Waals surface area contributed by atoms with Crippen molar-refractivity contribution in [1.29, 1.82) is 0 Å². The maximum Gasteiger partial charge on any atom is 0.350 e. The second-order valence-electron chi connectivity index (χ2n) is 4.59. The number of rotatable bonds is 5. The van der Waals surface area contributed by atoms with Gasteiger partial charge >= 0.3 is 5.97 Å². The minimum Gasteiger partial charge on any atom is -0.423 e. The van der Waals surface area contributed by atoms with Gasteiger partial charge in [0.05, 0.1) is 4.92 Å². The average molecular weight is 314 g/mol. The molecule has 0 saturated heterocycles. The third-order valence-electron chi connectivity index (χ3n) is 2.97. The number of carbonyl (C=O) groups excluding carboxylic acids is 2. The fraction of sp³-hybridized carbons (Fsp3) is 0.125. The number of nitrogens with one attached hydrogen (secondary N) is 1. The van der Waals surface area contributed by atoms with E-state index in [2.05, 4.69) is 5.32 Å². The van der Waals surface area contributed by atoms with Gasteiger partial charge in [0, 0.05) is 24.2 Å². The number of anilines is 1. The minimum atomic E-state index is -0.837. The first-order valence-electron chi connectivity index (χ1n) is 6.86. The quantitative estimate of drug-likeness (QED) is 0.395. The van der Waals surface area contributed by atoms with Crippen LogP contribution < -0.4 is 10.1 Å². The van der Waals surface area contributed by atoms with E-state index in [1.54, 1.807) is 19.1 Å². The van der Waals surface area contributed by atoms with Gasteiger partial charge in [-0.25, -0.2) is 4.79 Å². The number of hydrogen-bond acceptors (Lipinski definition) is 5. The Hall–Kier alpha value is -3.22. The van der Waals surface area contributed by atoms with Crippen LogP contribution in [0.3, 0.4) is 0 Å². The Morgan fingerprint density at radius 1 is 1.17 bits per heavy atom. The highest BCUT2D eigenvalue weighted by atomic mass is 16.6. The molecule has 0 unspecified atom stereocenters. The van der Waals surface area contributed by atoms with Gasteiger partial charge in [-0.05, 0) is 18.2 Å². The molecule has 0 atom stereocenters. The molecular weight excluding hydrogens is 300 g/mol. The number of hydrogen-bond donors (Lipinski definition) is 1. The molecule has 0 aliphatic rings. The fourth-order valence-electron chi connectivity index (χ4n) is 1.85. The SMILES string of the molecule is CCC(=O)Nc1cccc(OC(=O)c2ccccc2[N+](=O)[O-])c1. The number of nitro benzene ring substituents is 1. The summed E-state index contributed by atoms with van der Waals surface area (Å²) in [7, 11) is 0. The van der Waals surface area contributed by atoms with Gasteiger partial charge in [-0.2, -0.15) is 0 Å². The summed E-state index contributed by atoms with van der Waals surface area (Å²) in [6, 6.07) is 11.8. The van der Waals surface area contributed by atoms with Crippen molar-refractivity contribution in [3.63, 3.8) is 0 Å². The molecule has 7 nitrogen and oxygen atoms in total. The summed E-state index contributed by atoms with van der Waals surface area (Å²) in [4.78, 5) is 33.8. The highest BCUT2D eigenvalue weighted by Crippen LogP contribution is 2.22. The lowest BCUT2D eigenvalue weighted by molar-refractivity contribution is -0.385. The number of nitrogens with zero attached hydrogens (tertiary/aromatic N) is 1. The molecule has 0 aromatic heterocycles. The first-order chi connectivity index (χ1) is 11.0. The lowest BCUT2D eigenvalue weighted by Gasteiger charge is -2.07. The molecule has 1 N–H and O–H groups in total. The van der Waals surface area contributed by atoms with Crippen LogP contribution in [0.15, 0.2) is 48.5 Å². The first-order valence-corrected chi connectivity index (χ1v) is 6.86. The maximum atomic E-state index is 12.1. The molecule has 0 saturated carbocycles. The Balaban J connectivity index is 2.19. The summed E-state index contributed by atoms with van der Waals surface area (Å²) in [5.41, 5.74) is 0.0122. The molecule has 0 heterocycles. The van der Waals surface area contributed by atoms with Crippen LogP contribution in [0.1, 0.15) is 23.7 Å². The number of benzene rings is 2. The maximum absolute atomic E-state index is 12.1. The van der Waals surface area contributed by atoms with E-state index >= 15 is 0 Å². The molecule has 0 spiro atoms. The van der Waals surface area contributed by atoms with Crippen molar-refractivity contribution >= 4 is 23.3 Å². The molecule has 1 amide bonds. The summed E-state index contributed by atoms with van der Waals surface area (Å²) in [6.07, 6.45) is 0.320. The van der Waals surface area contributed by atoms with Crippen molar-refractivity contribution in [3.8, 4) is 5.75 Å². The van der Waals surface area contributed by atoms with Gasteiger partial charge < -0.3 is 10.1 Å². The first kappa shape index (κ1) is 16.2. The summed E-state index contributed by atoms with van der Waals surface area (Å²) < 4.78 is 5.15. The van der Waals surface area contributed by atoms with Gasteiger partial charge in [0.1, 0.15) is 11.3 Å². The van der Waals surface area contributed by atoms with E-state index in [0.717, 1.165) is 0 Å². The van der Waals surface area contributed by atoms with E-state index in [1.165, 1.54) is 36.4 Å². The van der Waals surface area contributed by atoms with Crippen LogP contribution in [0, 0.1) is 10.1 Å². The van der Waals surface area contributed by atoms with Gasteiger partial charge in [-0.3, -0.25) is 14.9 Å². The number of nitro groups is 1. The van der Waals surface area contributed by atoms with E-state index in [-0.39, 0.29) is 22.9 Å². The van der Waals surface area contributed by atoms with Crippen LogP contribution in [-0.4, -0.2) is 16.8 Å². The third kappa shape index (κ3) is 4.13. The Labute approximate surface area is 132 Å². The van der Waals surface area contributed by atoms with E-state index in [9.17, 15) is 19.7 Å². The molecule has 2 aromatic carbocycles. The summed E-state index contributed by atoms with van der Waals surface area (Å²) in [6.45, 7) is 1.72. The van der Waals surface area contributed by atoms with Crippen LogP contribution in [0.2, 0.25) is 0 Å². The van der Waals surface area contributed by atoms with Crippen LogP contribution in [0.4, 0.5) is 11.4 Å². The van der Waals surface area contributed by atoms with Gasteiger partial charge in [0.2, 0.25) is 5.91 Å². The molecule has 2 rings (SSSR count). The standard InChI is InChI=1S/C16H14N2O5/c1-2-15(19)17-11-6-5-7-12(10-11)23-16(20)13-8-3-4-9-14(13)18(21)22/h3-10H,2H2,1H3,(H,17,19). The second-order valence-corrected chi connectivity index (χ2v) is 4.59. The lowest BCUT2D eigenvalue weighted by Crippen LogP contribution is -2.12. The zero-order valence-corrected chi connectivity index (χ0v) is 12.3. The van der Waals surface area contributed by atoms with E-state index in [1.807, 2.05) is 0 Å². The number of esters is 1. The third-order valence-corrected chi connectivity index (χ3v) is 2.97. The molecule has 2 aromatic rings. The molecular formula is C16H14N2O5. The van der Waals surface area contributed by atoms with Gasteiger partial charge in [0.25, 0.3) is 5.69 Å². The predicted molar refractivity (Wildman–Crippen MR) is 83.4 cm³/mol. The van der Waals surface area contributed by atoms with Crippen LogP contribution in [0.5, 0.6) is 5.75 Å². The molecule has 0 fully saturated rings. The van der Waals surface area contributed by atoms with Gasteiger partial charge in [-0.1, -0.05) is 25.1 Å². The normalized spacial score (nSPS) is 9.96. The number of amides is 1. The van der Waals surface area contributed by atoms with Crippen LogP contribution >= 0.6 is 0 Å². The number of carbonyl (C=O) groups is 2. The monoisotopic (exact) mass is 314 g/mol. The van der Waals surface area contributed by atoms with Crippen molar-refractivity contribution in [2.24, 2.45) is 0 Å². The van der Waals surface area contributed by atoms with Gasteiger partial charge in [0.15, 0.2) is 0 Å². The highest BCUT2D eigenvalue weighted by molar-refractivity contribution is 5.95. The Bertz CT molecular complexity index is 758. The molecule has 0 aliphatic heterocycles. The number of para-hydroxylation sites is 1. The molecule has 118 valence electrons. The molecule has 0 bridgehead atoms. The van der Waals surface area contributed by atoms with Crippen molar-refractivity contribution in [3.05, 3.63) is 64.2 Å². The van der Waals surface area contributed by atoms with E-state index in [4.69, 9.17) is 4.74 Å². The molecule has 7 heteroatoms. The van der Waals surface area contributed by atoms with E-state index < -0.39 is 10.9 Å². The smallest absolute Gasteiger partial charge is 0.350 e.